The second kappa shape index (κ2) is 6.29. The van der Waals surface area contributed by atoms with E-state index in [2.05, 4.69) is 0 Å². The fraction of sp³-hybridized carbons (Fsp3) is 0.250. The molecule has 3 nitrogen and oxygen atoms in total. The molecule has 1 heterocycles. The van der Waals surface area contributed by atoms with E-state index in [0.29, 0.717) is 5.76 Å². The van der Waals surface area contributed by atoms with Gasteiger partial charge in [-0.1, -0.05) is 42.5 Å². The van der Waals surface area contributed by atoms with Crippen LogP contribution in [0.4, 0.5) is 0 Å². The Morgan fingerprint density at radius 2 is 1.65 bits per heavy atom. The molecule has 2 aromatic rings. The van der Waals surface area contributed by atoms with Crippen LogP contribution in [-0.2, 0) is 9.53 Å². The second-order valence-corrected chi connectivity index (χ2v) is 5.73. The summed E-state index contributed by atoms with van der Waals surface area (Å²) < 4.78 is 11.3. The summed E-state index contributed by atoms with van der Waals surface area (Å²) in [6.45, 7) is 3.48. The lowest BCUT2D eigenvalue weighted by Crippen LogP contribution is -2.13. The van der Waals surface area contributed by atoms with Gasteiger partial charge in [0.2, 0.25) is 0 Å². The zero-order valence-electron chi connectivity index (χ0n) is 13.6. The third kappa shape index (κ3) is 2.87. The summed E-state index contributed by atoms with van der Waals surface area (Å²) in [4.78, 5) is 12.2. The van der Waals surface area contributed by atoms with Gasteiger partial charge in [0.15, 0.2) is 5.78 Å². The Morgan fingerprint density at radius 3 is 2.22 bits per heavy atom. The standard InChI is InChI=1S/C20H20O3/c1-13(21)18-14(2)23-20(16-9-11-17(22-3)12-10-16)19(18)15-7-5-4-6-8-15/h4-12,19-20H,1-3H3/t19-,20-/m0/s1. The summed E-state index contributed by atoms with van der Waals surface area (Å²) in [6.07, 6.45) is -0.192. The predicted octanol–water partition coefficient (Wildman–Crippen LogP) is 4.41. The highest BCUT2D eigenvalue weighted by atomic mass is 16.5. The van der Waals surface area contributed by atoms with Crippen LogP contribution in [-0.4, -0.2) is 12.9 Å². The Labute approximate surface area is 136 Å². The molecule has 3 heteroatoms. The van der Waals surface area contributed by atoms with E-state index < -0.39 is 0 Å². The van der Waals surface area contributed by atoms with Crippen LogP contribution in [0, 0.1) is 0 Å². The summed E-state index contributed by atoms with van der Waals surface area (Å²) in [7, 11) is 1.65. The van der Waals surface area contributed by atoms with E-state index >= 15 is 0 Å². The maximum absolute atomic E-state index is 12.2. The van der Waals surface area contributed by atoms with Gasteiger partial charge in [-0.15, -0.1) is 0 Å². The maximum Gasteiger partial charge on any atom is 0.159 e. The number of carbonyl (C=O) groups is 1. The Balaban J connectivity index is 2.04. The van der Waals surface area contributed by atoms with Crippen molar-refractivity contribution in [2.24, 2.45) is 0 Å². The molecule has 0 radical (unpaired) electrons. The first kappa shape index (κ1) is 15.3. The molecule has 0 aromatic heterocycles. The summed E-state index contributed by atoms with van der Waals surface area (Å²) in [6, 6.07) is 17.9. The van der Waals surface area contributed by atoms with Crippen molar-refractivity contribution in [3.63, 3.8) is 0 Å². The van der Waals surface area contributed by atoms with Gasteiger partial charge in [-0.25, -0.2) is 0 Å². The van der Waals surface area contributed by atoms with Crippen LogP contribution in [0.1, 0.15) is 37.0 Å². The summed E-state index contributed by atoms with van der Waals surface area (Å²) in [5.41, 5.74) is 2.89. The minimum Gasteiger partial charge on any atom is -0.497 e. The first-order valence-corrected chi connectivity index (χ1v) is 7.69. The van der Waals surface area contributed by atoms with Gasteiger partial charge in [0.05, 0.1) is 13.0 Å². The molecule has 1 aliphatic heterocycles. The van der Waals surface area contributed by atoms with Crippen LogP contribution in [0.5, 0.6) is 5.75 Å². The third-order valence-electron chi connectivity index (χ3n) is 4.28. The Kier molecular flexibility index (Phi) is 4.20. The van der Waals surface area contributed by atoms with E-state index in [4.69, 9.17) is 9.47 Å². The summed E-state index contributed by atoms with van der Waals surface area (Å²) in [5, 5.41) is 0. The topological polar surface area (TPSA) is 35.5 Å². The van der Waals surface area contributed by atoms with Crippen molar-refractivity contribution in [3.8, 4) is 5.75 Å². The number of ether oxygens (including phenoxy) is 2. The van der Waals surface area contributed by atoms with Gasteiger partial charge < -0.3 is 9.47 Å². The average molecular weight is 308 g/mol. The number of ketones is 1. The molecule has 2 atom stereocenters. The highest BCUT2D eigenvalue weighted by Gasteiger charge is 2.39. The molecule has 118 valence electrons. The lowest BCUT2D eigenvalue weighted by atomic mass is 9.83. The first-order chi connectivity index (χ1) is 11.1. The van der Waals surface area contributed by atoms with E-state index in [-0.39, 0.29) is 17.8 Å². The van der Waals surface area contributed by atoms with Crippen molar-refractivity contribution in [2.45, 2.75) is 25.9 Å². The van der Waals surface area contributed by atoms with Gasteiger partial charge in [-0.3, -0.25) is 4.79 Å². The third-order valence-corrected chi connectivity index (χ3v) is 4.28. The van der Waals surface area contributed by atoms with E-state index in [1.807, 2.05) is 61.5 Å². The van der Waals surface area contributed by atoms with Crippen LogP contribution >= 0.6 is 0 Å². The quantitative estimate of drug-likeness (QED) is 0.839. The van der Waals surface area contributed by atoms with Gasteiger partial charge in [0.1, 0.15) is 17.6 Å². The van der Waals surface area contributed by atoms with Crippen LogP contribution in [0.2, 0.25) is 0 Å². The lowest BCUT2D eigenvalue weighted by Gasteiger charge is -2.22. The average Bonchev–Trinajstić information content (AvgIpc) is 2.93. The van der Waals surface area contributed by atoms with Crippen molar-refractivity contribution in [1.29, 1.82) is 0 Å². The van der Waals surface area contributed by atoms with E-state index in [1.54, 1.807) is 14.0 Å². The Bertz CT molecular complexity index is 729. The highest BCUT2D eigenvalue weighted by Crippen LogP contribution is 2.47. The number of hydrogen-bond acceptors (Lipinski definition) is 3. The first-order valence-electron chi connectivity index (χ1n) is 7.69. The van der Waals surface area contributed by atoms with Crippen LogP contribution < -0.4 is 4.74 Å². The van der Waals surface area contributed by atoms with Gasteiger partial charge in [0, 0.05) is 5.57 Å². The van der Waals surface area contributed by atoms with Crippen molar-refractivity contribution in [2.75, 3.05) is 7.11 Å². The van der Waals surface area contributed by atoms with Crippen molar-refractivity contribution in [1.82, 2.24) is 0 Å². The fourth-order valence-corrected chi connectivity index (χ4v) is 3.22. The molecule has 0 N–H and O–H groups in total. The van der Waals surface area contributed by atoms with Crippen LogP contribution in [0.3, 0.4) is 0 Å². The van der Waals surface area contributed by atoms with Gasteiger partial charge in [-0.05, 0) is 37.1 Å². The molecule has 0 saturated heterocycles. The molecule has 0 aliphatic carbocycles. The van der Waals surface area contributed by atoms with E-state index in [9.17, 15) is 4.79 Å². The fourth-order valence-electron chi connectivity index (χ4n) is 3.22. The second-order valence-electron chi connectivity index (χ2n) is 5.73. The molecule has 0 bridgehead atoms. The Hall–Kier alpha value is -2.55. The van der Waals surface area contributed by atoms with Crippen LogP contribution in [0.25, 0.3) is 0 Å². The number of Topliss-reactive ketones (excluding diaryl/α,β-unsaturated/α-hetero) is 1. The largest absolute Gasteiger partial charge is 0.497 e. The zero-order chi connectivity index (χ0) is 16.4. The lowest BCUT2D eigenvalue weighted by molar-refractivity contribution is -0.113. The van der Waals surface area contributed by atoms with E-state index in [1.165, 1.54) is 0 Å². The molecule has 2 aromatic carbocycles. The molecule has 0 amide bonds. The molecule has 0 spiro atoms. The normalized spacial score (nSPS) is 20.3. The van der Waals surface area contributed by atoms with Crippen molar-refractivity contribution < 1.29 is 14.3 Å². The minimum atomic E-state index is -0.192. The number of hydrogen-bond donors (Lipinski definition) is 0. The van der Waals surface area contributed by atoms with Gasteiger partial charge in [-0.2, -0.15) is 0 Å². The molecule has 3 rings (SSSR count). The molecular weight excluding hydrogens is 288 g/mol. The number of benzene rings is 2. The summed E-state index contributed by atoms with van der Waals surface area (Å²) >= 11 is 0. The number of allylic oxidation sites excluding steroid dienone is 1. The monoisotopic (exact) mass is 308 g/mol. The summed E-state index contributed by atoms with van der Waals surface area (Å²) in [5.74, 6) is 1.50. The molecular formula is C20H20O3. The number of methoxy groups -OCH3 is 1. The smallest absolute Gasteiger partial charge is 0.159 e. The predicted molar refractivity (Wildman–Crippen MR) is 89.4 cm³/mol. The molecule has 1 aliphatic rings. The molecule has 0 saturated carbocycles. The zero-order valence-corrected chi connectivity index (χ0v) is 13.6. The van der Waals surface area contributed by atoms with E-state index in [0.717, 1.165) is 22.4 Å². The highest BCUT2D eigenvalue weighted by molar-refractivity contribution is 5.96. The van der Waals surface area contributed by atoms with Gasteiger partial charge in [0.25, 0.3) is 0 Å². The molecule has 0 fully saturated rings. The Morgan fingerprint density at radius 1 is 1.00 bits per heavy atom. The maximum atomic E-state index is 12.2. The molecule has 23 heavy (non-hydrogen) atoms. The van der Waals surface area contributed by atoms with Crippen molar-refractivity contribution in [3.05, 3.63) is 77.1 Å². The molecule has 0 unspecified atom stereocenters. The SMILES string of the molecule is COc1ccc([C@@H]2OC(C)=C(C(C)=O)[C@@H]2c2ccccc2)cc1. The number of carbonyl (C=O) groups excluding carboxylic acids is 1. The van der Waals surface area contributed by atoms with Crippen molar-refractivity contribution >= 4 is 5.78 Å². The minimum absolute atomic E-state index is 0.0624. The van der Waals surface area contributed by atoms with Gasteiger partial charge >= 0.3 is 0 Å². The van der Waals surface area contributed by atoms with Crippen LogP contribution in [0.15, 0.2) is 65.9 Å². The number of rotatable bonds is 4.